The fourth-order valence-electron chi connectivity index (χ4n) is 2.82. The lowest BCUT2D eigenvalue weighted by molar-refractivity contribution is 0.102. The van der Waals surface area contributed by atoms with Crippen molar-refractivity contribution in [1.29, 1.82) is 0 Å². The molecule has 1 saturated heterocycles. The van der Waals surface area contributed by atoms with Gasteiger partial charge in [-0.2, -0.15) is 4.31 Å². The minimum absolute atomic E-state index is 0.208. The first-order valence-electron chi connectivity index (χ1n) is 8.07. The van der Waals surface area contributed by atoms with Gasteiger partial charge in [0.05, 0.1) is 10.5 Å². The van der Waals surface area contributed by atoms with E-state index in [1.807, 2.05) is 24.5 Å². The molecule has 0 saturated carbocycles. The summed E-state index contributed by atoms with van der Waals surface area (Å²) in [5, 5.41) is 2.82. The van der Waals surface area contributed by atoms with Gasteiger partial charge in [0.15, 0.2) is 0 Å². The van der Waals surface area contributed by atoms with Crippen LogP contribution in [0.15, 0.2) is 58.3 Å². The Kier molecular flexibility index (Phi) is 5.46. The number of nitrogens with one attached hydrogen (secondary N) is 1. The van der Waals surface area contributed by atoms with Crippen LogP contribution in [0.2, 0.25) is 0 Å². The molecule has 1 amide bonds. The highest BCUT2D eigenvalue weighted by atomic mass is 32.2. The normalized spacial score (nSPS) is 15.2. The van der Waals surface area contributed by atoms with Crippen molar-refractivity contribution in [2.75, 3.05) is 24.7 Å². The molecule has 1 aliphatic rings. The van der Waals surface area contributed by atoms with E-state index in [0.717, 1.165) is 17.7 Å². The first-order valence-corrected chi connectivity index (χ1v) is 10.7. The van der Waals surface area contributed by atoms with E-state index in [4.69, 9.17) is 0 Å². The Hall–Kier alpha value is -1.83. The maximum atomic E-state index is 12.5. The first kappa shape index (κ1) is 18.0. The number of hydrogen-bond acceptors (Lipinski definition) is 4. The number of thioether (sulfide) groups is 1. The minimum atomic E-state index is -3.43. The van der Waals surface area contributed by atoms with Crippen molar-refractivity contribution >= 4 is 33.4 Å². The number of anilines is 1. The molecule has 3 rings (SSSR count). The second-order valence-electron chi connectivity index (χ2n) is 5.79. The summed E-state index contributed by atoms with van der Waals surface area (Å²) in [5.74, 6) is -0.208. The van der Waals surface area contributed by atoms with Crippen LogP contribution in [0.4, 0.5) is 5.69 Å². The number of carbonyl (C=O) groups is 1. The van der Waals surface area contributed by atoms with Crippen LogP contribution in [0.25, 0.3) is 0 Å². The average Bonchev–Trinajstić information content (AvgIpc) is 3.17. The van der Waals surface area contributed by atoms with E-state index in [0.29, 0.717) is 24.3 Å². The predicted molar refractivity (Wildman–Crippen MR) is 101 cm³/mol. The minimum Gasteiger partial charge on any atom is -0.322 e. The van der Waals surface area contributed by atoms with E-state index in [1.165, 1.54) is 16.1 Å². The molecule has 1 heterocycles. The highest BCUT2D eigenvalue weighted by molar-refractivity contribution is 7.98. The maximum absolute atomic E-state index is 12.5. The summed E-state index contributed by atoms with van der Waals surface area (Å²) in [5.41, 5.74) is 1.17. The van der Waals surface area contributed by atoms with Crippen molar-refractivity contribution in [2.24, 2.45) is 0 Å². The third kappa shape index (κ3) is 3.89. The fourth-order valence-corrected chi connectivity index (χ4v) is 4.93. The molecule has 2 aromatic carbocycles. The average molecular weight is 377 g/mol. The monoisotopic (exact) mass is 376 g/mol. The Morgan fingerprint density at radius 3 is 2.32 bits per heavy atom. The smallest absolute Gasteiger partial charge is 0.256 e. The van der Waals surface area contributed by atoms with E-state index in [1.54, 1.807) is 30.3 Å². The standard InChI is InChI=1S/C18H20N2O3S2/c1-24-17-7-3-2-6-16(17)18(21)19-14-8-10-15(11-9-14)25(22,23)20-12-4-5-13-20/h2-3,6-11H,4-5,12-13H2,1H3,(H,19,21). The predicted octanol–water partition coefficient (Wildman–Crippen LogP) is 3.45. The van der Waals surface area contributed by atoms with Crippen LogP contribution in [0.5, 0.6) is 0 Å². The molecule has 1 N–H and O–H groups in total. The second-order valence-corrected chi connectivity index (χ2v) is 8.58. The van der Waals surface area contributed by atoms with E-state index < -0.39 is 10.0 Å². The quantitative estimate of drug-likeness (QED) is 0.812. The number of hydrogen-bond donors (Lipinski definition) is 1. The summed E-state index contributed by atoms with van der Waals surface area (Å²) in [7, 11) is -3.43. The van der Waals surface area contributed by atoms with Gasteiger partial charge in [-0.05, 0) is 55.5 Å². The molecule has 0 unspecified atom stereocenters. The van der Waals surface area contributed by atoms with E-state index >= 15 is 0 Å². The second kappa shape index (κ2) is 7.59. The van der Waals surface area contributed by atoms with Gasteiger partial charge in [0, 0.05) is 23.7 Å². The van der Waals surface area contributed by atoms with Crippen LogP contribution < -0.4 is 5.32 Å². The highest BCUT2D eigenvalue weighted by Gasteiger charge is 2.26. The molecule has 0 aliphatic carbocycles. The van der Waals surface area contributed by atoms with Crippen molar-refractivity contribution in [3.63, 3.8) is 0 Å². The molecule has 25 heavy (non-hydrogen) atoms. The lowest BCUT2D eigenvalue weighted by Gasteiger charge is -2.15. The van der Waals surface area contributed by atoms with Gasteiger partial charge in [-0.25, -0.2) is 8.42 Å². The highest BCUT2D eigenvalue weighted by Crippen LogP contribution is 2.24. The number of benzene rings is 2. The van der Waals surface area contributed by atoms with Crippen LogP contribution >= 0.6 is 11.8 Å². The third-order valence-electron chi connectivity index (χ3n) is 4.17. The van der Waals surface area contributed by atoms with Crippen molar-refractivity contribution < 1.29 is 13.2 Å². The van der Waals surface area contributed by atoms with Gasteiger partial charge in [-0.15, -0.1) is 11.8 Å². The number of nitrogens with zero attached hydrogens (tertiary/aromatic N) is 1. The molecule has 0 aromatic heterocycles. The topological polar surface area (TPSA) is 66.5 Å². The zero-order valence-electron chi connectivity index (χ0n) is 13.9. The SMILES string of the molecule is CSc1ccccc1C(=O)Nc1ccc(S(=O)(=O)N2CCCC2)cc1. The van der Waals surface area contributed by atoms with Gasteiger partial charge in [0.2, 0.25) is 10.0 Å². The van der Waals surface area contributed by atoms with Crippen LogP contribution in [0.3, 0.4) is 0 Å². The lowest BCUT2D eigenvalue weighted by atomic mass is 10.2. The van der Waals surface area contributed by atoms with Gasteiger partial charge < -0.3 is 5.32 Å². The Bertz CT molecular complexity index is 858. The van der Waals surface area contributed by atoms with Crippen molar-refractivity contribution in [3.05, 3.63) is 54.1 Å². The molecule has 0 bridgehead atoms. The number of amides is 1. The summed E-state index contributed by atoms with van der Waals surface area (Å²) in [6.45, 7) is 1.15. The largest absolute Gasteiger partial charge is 0.322 e. The van der Waals surface area contributed by atoms with Crippen LogP contribution in [0, 0.1) is 0 Å². The number of carbonyl (C=O) groups excluding carboxylic acids is 1. The summed E-state index contributed by atoms with van der Waals surface area (Å²) < 4.78 is 26.5. The summed E-state index contributed by atoms with van der Waals surface area (Å²) in [4.78, 5) is 13.6. The van der Waals surface area contributed by atoms with Crippen LogP contribution in [-0.4, -0.2) is 38.0 Å². The van der Waals surface area contributed by atoms with E-state index in [-0.39, 0.29) is 10.8 Å². The first-order chi connectivity index (χ1) is 12.0. The Balaban J connectivity index is 1.75. The molecule has 2 aromatic rings. The van der Waals surface area contributed by atoms with Crippen LogP contribution in [0.1, 0.15) is 23.2 Å². The molecule has 7 heteroatoms. The van der Waals surface area contributed by atoms with Crippen molar-refractivity contribution in [1.82, 2.24) is 4.31 Å². The number of rotatable bonds is 5. The van der Waals surface area contributed by atoms with Gasteiger partial charge in [-0.1, -0.05) is 12.1 Å². The van der Waals surface area contributed by atoms with Gasteiger partial charge >= 0.3 is 0 Å². The van der Waals surface area contributed by atoms with Crippen molar-refractivity contribution in [2.45, 2.75) is 22.6 Å². The fraction of sp³-hybridized carbons (Fsp3) is 0.278. The molecule has 0 spiro atoms. The molecule has 0 atom stereocenters. The molecule has 0 radical (unpaired) electrons. The summed E-state index contributed by atoms with van der Waals surface area (Å²) in [6.07, 6.45) is 3.73. The molecule has 132 valence electrons. The van der Waals surface area contributed by atoms with Gasteiger partial charge in [0.25, 0.3) is 5.91 Å². The third-order valence-corrected chi connectivity index (χ3v) is 6.88. The maximum Gasteiger partial charge on any atom is 0.256 e. The van der Waals surface area contributed by atoms with Crippen molar-refractivity contribution in [3.8, 4) is 0 Å². The summed E-state index contributed by atoms with van der Waals surface area (Å²) >= 11 is 1.51. The Labute approximate surface area is 152 Å². The lowest BCUT2D eigenvalue weighted by Crippen LogP contribution is -2.27. The summed E-state index contributed by atoms with van der Waals surface area (Å²) in [6, 6.07) is 13.7. The van der Waals surface area contributed by atoms with E-state index in [9.17, 15) is 13.2 Å². The van der Waals surface area contributed by atoms with E-state index in [2.05, 4.69) is 5.32 Å². The number of sulfonamides is 1. The van der Waals surface area contributed by atoms with Gasteiger partial charge in [0.1, 0.15) is 0 Å². The molecule has 1 fully saturated rings. The molecule has 1 aliphatic heterocycles. The van der Waals surface area contributed by atoms with Crippen LogP contribution in [-0.2, 0) is 10.0 Å². The Morgan fingerprint density at radius 1 is 1.04 bits per heavy atom. The Morgan fingerprint density at radius 2 is 1.68 bits per heavy atom. The van der Waals surface area contributed by atoms with Gasteiger partial charge in [-0.3, -0.25) is 4.79 Å². The molecular weight excluding hydrogens is 356 g/mol. The zero-order valence-corrected chi connectivity index (χ0v) is 15.6. The molecule has 5 nitrogen and oxygen atoms in total. The zero-order chi connectivity index (χ0) is 17.9. The molecular formula is C18H20N2O3S2.